The number of carbonyl (C=O) groups excluding carboxylic acids is 1. The summed E-state index contributed by atoms with van der Waals surface area (Å²) < 4.78 is 5.16. The van der Waals surface area contributed by atoms with Crippen molar-refractivity contribution < 1.29 is 9.53 Å². The van der Waals surface area contributed by atoms with Crippen molar-refractivity contribution in [3.05, 3.63) is 0 Å². The van der Waals surface area contributed by atoms with Crippen molar-refractivity contribution in [3.8, 4) is 0 Å². The maximum Gasteiger partial charge on any atom is 0.134 e. The van der Waals surface area contributed by atoms with Gasteiger partial charge in [-0.25, -0.2) is 0 Å². The molecule has 3 heteroatoms. The highest BCUT2D eigenvalue weighted by molar-refractivity contribution is 5.81. The molecule has 1 saturated carbocycles. The molecule has 0 spiro atoms. The molecule has 0 N–H and O–H groups in total. The van der Waals surface area contributed by atoms with Gasteiger partial charge in [-0.1, -0.05) is 0 Å². The molecule has 0 bridgehead atoms. The Bertz CT molecular complexity index is 217. The van der Waals surface area contributed by atoms with Crippen LogP contribution >= 0.6 is 0 Å². The molecule has 1 aliphatic heterocycles. The molecular weight excluding hydrogens is 178 g/mol. The molecule has 0 radical (unpaired) electrons. The average molecular weight is 197 g/mol. The minimum atomic E-state index is 0.449. The van der Waals surface area contributed by atoms with Gasteiger partial charge < -0.3 is 4.74 Å². The number of hydrogen-bond donors (Lipinski definition) is 0. The Labute approximate surface area is 85.4 Å². The minimum Gasteiger partial charge on any atom is -0.384 e. The molecule has 2 fully saturated rings. The van der Waals surface area contributed by atoms with Gasteiger partial charge in [0.15, 0.2) is 0 Å². The number of methoxy groups -OCH3 is 1. The SMILES string of the molecule is COCC1CCN(C2CCC(=O)C2)C1. The van der Waals surface area contributed by atoms with E-state index in [0.717, 1.165) is 39.0 Å². The van der Waals surface area contributed by atoms with E-state index in [2.05, 4.69) is 4.90 Å². The van der Waals surface area contributed by atoms with Crippen LogP contribution in [0.15, 0.2) is 0 Å². The predicted molar refractivity (Wildman–Crippen MR) is 54.2 cm³/mol. The summed E-state index contributed by atoms with van der Waals surface area (Å²) in [5.41, 5.74) is 0. The lowest BCUT2D eigenvalue weighted by molar-refractivity contribution is -0.117. The molecular formula is C11H19NO2. The largest absolute Gasteiger partial charge is 0.384 e. The monoisotopic (exact) mass is 197 g/mol. The topological polar surface area (TPSA) is 29.5 Å². The number of rotatable bonds is 3. The van der Waals surface area contributed by atoms with Crippen LogP contribution in [0, 0.1) is 5.92 Å². The number of hydrogen-bond acceptors (Lipinski definition) is 3. The molecule has 14 heavy (non-hydrogen) atoms. The maximum atomic E-state index is 11.2. The van der Waals surface area contributed by atoms with Crippen LogP contribution in [0.4, 0.5) is 0 Å². The zero-order valence-electron chi connectivity index (χ0n) is 8.87. The molecule has 0 amide bonds. The van der Waals surface area contributed by atoms with E-state index < -0.39 is 0 Å². The smallest absolute Gasteiger partial charge is 0.134 e. The Morgan fingerprint density at radius 1 is 1.50 bits per heavy atom. The highest BCUT2D eigenvalue weighted by Gasteiger charge is 2.32. The molecule has 0 aromatic rings. The molecule has 0 aromatic heterocycles. The van der Waals surface area contributed by atoms with Gasteiger partial charge in [0.25, 0.3) is 0 Å². The van der Waals surface area contributed by atoms with Crippen LogP contribution in [0.2, 0.25) is 0 Å². The zero-order chi connectivity index (χ0) is 9.97. The Morgan fingerprint density at radius 3 is 3.00 bits per heavy atom. The zero-order valence-corrected chi connectivity index (χ0v) is 8.87. The number of carbonyl (C=O) groups is 1. The van der Waals surface area contributed by atoms with Crippen molar-refractivity contribution in [2.75, 3.05) is 26.8 Å². The van der Waals surface area contributed by atoms with Gasteiger partial charge in [-0.15, -0.1) is 0 Å². The van der Waals surface area contributed by atoms with Crippen molar-refractivity contribution in [3.63, 3.8) is 0 Å². The standard InChI is InChI=1S/C11H19NO2/c1-14-8-9-4-5-12(7-9)10-2-3-11(13)6-10/h9-10H,2-8H2,1H3. The van der Waals surface area contributed by atoms with Gasteiger partial charge in [0.05, 0.1) is 6.61 Å². The Kier molecular flexibility index (Phi) is 3.19. The molecule has 0 aromatic carbocycles. The van der Waals surface area contributed by atoms with E-state index in [0.29, 0.717) is 17.7 Å². The fourth-order valence-corrected chi connectivity index (χ4v) is 2.67. The number of nitrogens with zero attached hydrogens (tertiary/aromatic N) is 1. The number of ketones is 1. The molecule has 2 rings (SSSR count). The Hall–Kier alpha value is -0.410. The van der Waals surface area contributed by atoms with Crippen LogP contribution in [-0.4, -0.2) is 43.5 Å². The van der Waals surface area contributed by atoms with Gasteiger partial charge in [-0.2, -0.15) is 0 Å². The summed E-state index contributed by atoms with van der Waals surface area (Å²) in [6.07, 6.45) is 3.91. The molecule has 2 atom stereocenters. The summed E-state index contributed by atoms with van der Waals surface area (Å²) in [6.45, 7) is 3.16. The summed E-state index contributed by atoms with van der Waals surface area (Å²) in [5, 5.41) is 0. The van der Waals surface area contributed by atoms with Gasteiger partial charge in [0.1, 0.15) is 5.78 Å². The van der Waals surface area contributed by atoms with E-state index in [4.69, 9.17) is 4.74 Å². The van der Waals surface area contributed by atoms with Crippen molar-refractivity contribution in [1.82, 2.24) is 4.90 Å². The van der Waals surface area contributed by atoms with E-state index in [1.807, 2.05) is 0 Å². The molecule has 1 heterocycles. The molecule has 1 aliphatic carbocycles. The Balaban J connectivity index is 1.80. The molecule has 80 valence electrons. The highest BCUT2D eigenvalue weighted by Crippen LogP contribution is 2.26. The first kappa shape index (κ1) is 10.1. The van der Waals surface area contributed by atoms with Crippen molar-refractivity contribution in [2.24, 2.45) is 5.92 Å². The van der Waals surface area contributed by atoms with Crippen LogP contribution in [-0.2, 0) is 9.53 Å². The minimum absolute atomic E-state index is 0.449. The first-order valence-corrected chi connectivity index (χ1v) is 5.54. The fourth-order valence-electron chi connectivity index (χ4n) is 2.67. The second-order valence-corrected chi connectivity index (χ2v) is 4.54. The normalized spacial score (nSPS) is 34.2. The van der Waals surface area contributed by atoms with E-state index in [1.54, 1.807) is 7.11 Å². The van der Waals surface area contributed by atoms with Crippen LogP contribution in [0.3, 0.4) is 0 Å². The maximum absolute atomic E-state index is 11.2. The van der Waals surface area contributed by atoms with Gasteiger partial charge in [0, 0.05) is 32.5 Å². The summed E-state index contributed by atoms with van der Waals surface area (Å²) in [4.78, 5) is 13.6. The van der Waals surface area contributed by atoms with Crippen molar-refractivity contribution >= 4 is 5.78 Å². The molecule has 2 aliphatic rings. The fraction of sp³-hybridized carbons (Fsp3) is 0.909. The second-order valence-electron chi connectivity index (χ2n) is 4.54. The third-order valence-corrected chi connectivity index (χ3v) is 3.46. The highest BCUT2D eigenvalue weighted by atomic mass is 16.5. The van der Waals surface area contributed by atoms with Gasteiger partial charge in [-0.3, -0.25) is 9.69 Å². The summed E-state index contributed by atoms with van der Waals surface area (Å²) in [6, 6.07) is 0.546. The number of likely N-dealkylation sites (tertiary alicyclic amines) is 1. The summed E-state index contributed by atoms with van der Waals surface area (Å²) in [5.74, 6) is 1.14. The third kappa shape index (κ3) is 2.15. The van der Waals surface area contributed by atoms with E-state index in [9.17, 15) is 4.79 Å². The van der Waals surface area contributed by atoms with E-state index in [1.165, 1.54) is 6.42 Å². The van der Waals surface area contributed by atoms with Crippen LogP contribution in [0.1, 0.15) is 25.7 Å². The number of ether oxygens (including phenoxy) is 1. The first-order chi connectivity index (χ1) is 6.79. The molecule has 3 nitrogen and oxygen atoms in total. The van der Waals surface area contributed by atoms with Crippen LogP contribution in [0.5, 0.6) is 0 Å². The molecule has 2 unspecified atom stereocenters. The summed E-state index contributed by atoms with van der Waals surface area (Å²) in [7, 11) is 1.77. The lowest BCUT2D eigenvalue weighted by Crippen LogP contribution is -2.31. The van der Waals surface area contributed by atoms with Gasteiger partial charge >= 0.3 is 0 Å². The third-order valence-electron chi connectivity index (χ3n) is 3.46. The molecule has 1 saturated heterocycles. The van der Waals surface area contributed by atoms with Crippen LogP contribution < -0.4 is 0 Å². The lowest BCUT2D eigenvalue weighted by atomic mass is 10.1. The lowest BCUT2D eigenvalue weighted by Gasteiger charge is -2.22. The number of Topliss-reactive ketones (excluding diaryl/α,β-unsaturated/α-hetero) is 1. The average Bonchev–Trinajstić information content (AvgIpc) is 2.74. The second kappa shape index (κ2) is 4.41. The van der Waals surface area contributed by atoms with Crippen LogP contribution in [0.25, 0.3) is 0 Å². The van der Waals surface area contributed by atoms with Crippen molar-refractivity contribution in [1.29, 1.82) is 0 Å². The van der Waals surface area contributed by atoms with E-state index >= 15 is 0 Å². The quantitative estimate of drug-likeness (QED) is 0.678. The van der Waals surface area contributed by atoms with Gasteiger partial charge in [0.2, 0.25) is 0 Å². The first-order valence-electron chi connectivity index (χ1n) is 5.54. The van der Waals surface area contributed by atoms with Gasteiger partial charge in [-0.05, 0) is 25.3 Å². The summed E-state index contributed by atoms with van der Waals surface area (Å²) >= 11 is 0. The van der Waals surface area contributed by atoms with Crippen molar-refractivity contribution in [2.45, 2.75) is 31.7 Å². The Morgan fingerprint density at radius 2 is 2.36 bits per heavy atom. The van der Waals surface area contributed by atoms with E-state index in [-0.39, 0.29) is 0 Å². The predicted octanol–water partition coefficient (Wildman–Crippen LogP) is 1.08.